The Morgan fingerprint density at radius 3 is 2.58 bits per heavy atom. The minimum absolute atomic E-state index is 0.0710. The zero-order chi connectivity index (χ0) is 22.4. The molecule has 3 rings (SSSR count). The van der Waals surface area contributed by atoms with Gasteiger partial charge < -0.3 is 15.4 Å². The van der Waals surface area contributed by atoms with Crippen LogP contribution in [-0.2, 0) is 14.3 Å². The molecule has 162 valence electrons. The summed E-state index contributed by atoms with van der Waals surface area (Å²) in [4.78, 5) is 29.0. The van der Waals surface area contributed by atoms with Crippen LogP contribution in [0, 0.1) is 19.7 Å². The standard InChI is InChI=1S/C23H24FN3O3S/c1-4-30-23(29)12-18-11-22(27-20-10-15(3)14(2)9-19(20)25-18)31-13-21(28)26-17-7-5-16(24)6-8-17/h5-11,25H,4,12-13H2,1-3H3,(H,26,28). The minimum Gasteiger partial charge on any atom is -0.466 e. The lowest BCUT2D eigenvalue weighted by molar-refractivity contribution is -0.142. The molecule has 0 spiro atoms. The summed E-state index contributed by atoms with van der Waals surface area (Å²) in [6.07, 6.45) is 1.83. The molecule has 6 nitrogen and oxygen atoms in total. The summed E-state index contributed by atoms with van der Waals surface area (Å²) in [6.45, 7) is 6.08. The quantitative estimate of drug-likeness (QED) is 0.609. The highest BCUT2D eigenvalue weighted by Crippen LogP contribution is 2.33. The number of fused-ring (bicyclic) bond motifs is 1. The molecule has 0 radical (unpaired) electrons. The van der Waals surface area contributed by atoms with E-state index in [0.717, 1.165) is 22.5 Å². The van der Waals surface area contributed by atoms with Gasteiger partial charge in [-0.2, -0.15) is 0 Å². The summed E-state index contributed by atoms with van der Waals surface area (Å²) in [6, 6.07) is 9.54. The van der Waals surface area contributed by atoms with Crippen LogP contribution in [0.2, 0.25) is 0 Å². The lowest BCUT2D eigenvalue weighted by Gasteiger charge is -2.12. The van der Waals surface area contributed by atoms with Gasteiger partial charge in [-0.15, -0.1) is 0 Å². The van der Waals surface area contributed by atoms with E-state index in [0.29, 0.717) is 23.0 Å². The number of ether oxygens (including phenoxy) is 1. The van der Waals surface area contributed by atoms with E-state index in [1.54, 1.807) is 13.0 Å². The van der Waals surface area contributed by atoms with Gasteiger partial charge in [0.2, 0.25) is 5.91 Å². The molecule has 0 aliphatic carbocycles. The van der Waals surface area contributed by atoms with E-state index >= 15 is 0 Å². The maximum atomic E-state index is 13.0. The van der Waals surface area contributed by atoms with Gasteiger partial charge in [-0.05, 0) is 74.4 Å². The fourth-order valence-electron chi connectivity index (χ4n) is 2.91. The molecule has 1 heterocycles. The highest BCUT2D eigenvalue weighted by atomic mass is 32.2. The van der Waals surface area contributed by atoms with Crippen molar-refractivity contribution in [2.45, 2.75) is 27.2 Å². The van der Waals surface area contributed by atoms with Crippen molar-refractivity contribution >= 4 is 45.7 Å². The van der Waals surface area contributed by atoms with Crippen LogP contribution in [0.4, 0.5) is 21.5 Å². The lowest BCUT2D eigenvalue weighted by atomic mass is 10.1. The van der Waals surface area contributed by atoms with E-state index in [1.807, 2.05) is 26.0 Å². The van der Waals surface area contributed by atoms with Crippen molar-refractivity contribution in [2.75, 3.05) is 23.0 Å². The first-order chi connectivity index (χ1) is 14.8. The number of esters is 1. The average molecular weight is 442 g/mol. The molecular formula is C23H24FN3O3S. The number of nitrogens with zero attached hydrogens (tertiary/aromatic N) is 1. The molecule has 0 unspecified atom stereocenters. The Morgan fingerprint density at radius 2 is 1.87 bits per heavy atom. The highest BCUT2D eigenvalue weighted by Gasteiger charge is 2.17. The number of amides is 1. The highest BCUT2D eigenvalue weighted by molar-refractivity contribution is 8.14. The van der Waals surface area contributed by atoms with Crippen molar-refractivity contribution in [3.05, 3.63) is 65.1 Å². The molecule has 1 aliphatic rings. The van der Waals surface area contributed by atoms with Crippen molar-refractivity contribution in [1.29, 1.82) is 0 Å². The molecule has 0 aromatic heterocycles. The predicted octanol–water partition coefficient (Wildman–Crippen LogP) is 5.11. The van der Waals surface area contributed by atoms with Gasteiger partial charge in [0.1, 0.15) is 5.82 Å². The monoisotopic (exact) mass is 441 g/mol. The number of hydrogen-bond donors (Lipinski definition) is 2. The molecule has 0 bridgehead atoms. The summed E-state index contributed by atoms with van der Waals surface area (Å²) >= 11 is 1.25. The van der Waals surface area contributed by atoms with Gasteiger partial charge in [-0.1, -0.05) is 11.8 Å². The van der Waals surface area contributed by atoms with Gasteiger partial charge >= 0.3 is 5.97 Å². The number of thioether (sulfide) groups is 1. The summed E-state index contributed by atoms with van der Waals surface area (Å²) < 4.78 is 18.1. The van der Waals surface area contributed by atoms with Crippen molar-refractivity contribution in [3.8, 4) is 0 Å². The Hall–Kier alpha value is -3.13. The van der Waals surface area contributed by atoms with Gasteiger partial charge in [0.25, 0.3) is 0 Å². The molecule has 0 atom stereocenters. The number of hydrogen-bond acceptors (Lipinski definition) is 6. The number of halogens is 1. The number of rotatable bonds is 6. The van der Waals surface area contributed by atoms with Gasteiger partial charge in [-0.3, -0.25) is 9.59 Å². The minimum atomic E-state index is -0.365. The van der Waals surface area contributed by atoms with Crippen LogP contribution in [-0.4, -0.2) is 29.3 Å². The normalized spacial score (nSPS) is 12.6. The van der Waals surface area contributed by atoms with E-state index in [1.165, 1.54) is 36.0 Å². The second-order valence-corrected chi connectivity index (χ2v) is 8.02. The van der Waals surface area contributed by atoms with Crippen LogP contribution >= 0.6 is 11.8 Å². The Bertz CT molecular complexity index is 1050. The first-order valence-corrected chi connectivity index (χ1v) is 10.8. The number of aliphatic imine (C=N–C) groups is 1. The van der Waals surface area contributed by atoms with Crippen LogP contribution in [0.1, 0.15) is 24.5 Å². The fraction of sp³-hybridized carbons (Fsp3) is 0.261. The summed E-state index contributed by atoms with van der Waals surface area (Å²) in [5.74, 6) is -0.834. The van der Waals surface area contributed by atoms with E-state index in [4.69, 9.17) is 9.73 Å². The molecule has 0 fully saturated rings. The smallest absolute Gasteiger partial charge is 0.311 e. The summed E-state index contributed by atoms with van der Waals surface area (Å²) in [7, 11) is 0. The molecule has 31 heavy (non-hydrogen) atoms. The third-order valence-corrected chi connectivity index (χ3v) is 5.47. The van der Waals surface area contributed by atoms with Gasteiger partial charge in [-0.25, -0.2) is 9.38 Å². The molecule has 0 saturated carbocycles. The number of nitrogens with one attached hydrogen (secondary N) is 2. The Morgan fingerprint density at radius 1 is 1.16 bits per heavy atom. The zero-order valence-electron chi connectivity index (χ0n) is 17.6. The third-order valence-electron chi connectivity index (χ3n) is 4.55. The van der Waals surface area contributed by atoms with Crippen molar-refractivity contribution in [2.24, 2.45) is 4.99 Å². The number of benzene rings is 2. The lowest BCUT2D eigenvalue weighted by Crippen LogP contribution is -2.15. The maximum absolute atomic E-state index is 13.0. The second-order valence-electron chi connectivity index (χ2n) is 7.02. The van der Waals surface area contributed by atoms with Crippen LogP contribution in [0.3, 0.4) is 0 Å². The molecular weight excluding hydrogens is 417 g/mol. The van der Waals surface area contributed by atoms with Crippen LogP contribution in [0.25, 0.3) is 0 Å². The molecule has 8 heteroatoms. The van der Waals surface area contributed by atoms with E-state index < -0.39 is 0 Å². The van der Waals surface area contributed by atoms with E-state index in [2.05, 4.69) is 10.6 Å². The Balaban J connectivity index is 1.77. The fourth-order valence-corrected chi connectivity index (χ4v) is 3.65. The topological polar surface area (TPSA) is 79.8 Å². The first-order valence-electron chi connectivity index (χ1n) is 9.85. The van der Waals surface area contributed by atoms with Crippen LogP contribution in [0.15, 0.2) is 53.2 Å². The summed E-state index contributed by atoms with van der Waals surface area (Å²) in [5, 5.41) is 6.60. The number of aryl methyl sites for hydroxylation is 2. The molecule has 2 N–H and O–H groups in total. The third kappa shape index (κ3) is 6.42. The molecule has 0 saturated heterocycles. The molecule has 2 aromatic carbocycles. The maximum Gasteiger partial charge on any atom is 0.311 e. The zero-order valence-corrected chi connectivity index (χ0v) is 18.4. The largest absolute Gasteiger partial charge is 0.466 e. The molecule has 1 aliphatic heterocycles. The second kappa shape index (κ2) is 10.3. The molecule has 2 aromatic rings. The Kier molecular flexibility index (Phi) is 7.46. The van der Waals surface area contributed by atoms with Crippen LogP contribution < -0.4 is 10.6 Å². The number of carbonyl (C=O) groups excluding carboxylic acids is 2. The van der Waals surface area contributed by atoms with Gasteiger partial charge in [0.05, 0.1) is 35.2 Å². The Labute approximate surface area is 185 Å². The number of carbonyl (C=O) groups is 2. The first kappa shape index (κ1) is 22.6. The van der Waals surface area contributed by atoms with Gasteiger partial charge in [0.15, 0.2) is 0 Å². The van der Waals surface area contributed by atoms with Crippen molar-refractivity contribution in [1.82, 2.24) is 0 Å². The number of anilines is 2. The summed E-state index contributed by atoms with van der Waals surface area (Å²) in [5.41, 5.74) is 4.89. The predicted molar refractivity (Wildman–Crippen MR) is 123 cm³/mol. The van der Waals surface area contributed by atoms with Crippen molar-refractivity contribution < 1.29 is 18.7 Å². The van der Waals surface area contributed by atoms with Crippen LogP contribution in [0.5, 0.6) is 0 Å². The van der Waals surface area contributed by atoms with Gasteiger partial charge in [0, 0.05) is 11.4 Å². The van der Waals surface area contributed by atoms with E-state index in [-0.39, 0.29) is 29.9 Å². The SMILES string of the molecule is CCOC(=O)CC1=CC(SCC(=O)Nc2ccc(F)cc2)=Nc2cc(C)c(C)cc2N1. The van der Waals surface area contributed by atoms with Crippen molar-refractivity contribution in [3.63, 3.8) is 0 Å². The average Bonchev–Trinajstić information content (AvgIpc) is 2.87. The van der Waals surface area contributed by atoms with E-state index in [9.17, 15) is 14.0 Å². The molecule has 1 amide bonds.